The van der Waals surface area contributed by atoms with E-state index in [1.165, 1.54) is 102 Å². The molecule has 0 aliphatic carbocycles. The molecule has 0 amide bonds. The number of hydrogen-bond acceptors (Lipinski definition) is 0. The Balaban J connectivity index is 1.39. The molecular weight excluding hydrogens is 948 g/mol. The third kappa shape index (κ3) is 11.5. The van der Waals surface area contributed by atoms with Crippen molar-refractivity contribution >= 4 is 70.5 Å². The number of rotatable bonds is 2. The van der Waals surface area contributed by atoms with Crippen molar-refractivity contribution < 1.29 is 8.78 Å². The number of benzene rings is 7. The second-order valence-corrected chi connectivity index (χ2v) is 28.3. The Morgan fingerprint density at radius 2 is 0.538 bits per heavy atom. The van der Waals surface area contributed by atoms with Gasteiger partial charge in [-0.2, -0.15) is 0 Å². The molecule has 0 unspecified atom stereocenters. The summed E-state index contributed by atoms with van der Waals surface area (Å²) in [4.78, 5) is 0. The van der Waals surface area contributed by atoms with Gasteiger partial charge in [0.1, 0.15) is 11.6 Å². The first kappa shape index (κ1) is 55.9. The summed E-state index contributed by atoms with van der Waals surface area (Å²) < 4.78 is 27.9. The van der Waals surface area contributed by atoms with Gasteiger partial charge in [-0.3, -0.25) is 0 Å². The fraction of sp³-hybridized carbons (Fsp3) is 0.324. The quantitative estimate of drug-likeness (QED) is 0.120. The van der Waals surface area contributed by atoms with Gasteiger partial charge in [0.05, 0.1) is 0 Å². The van der Waals surface area contributed by atoms with E-state index in [9.17, 15) is 8.78 Å². The Bertz CT molecular complexity index is 3370. The van der Waals surface area contributed by atoms with Crippen LogP contribution in [-0.4, -0.2) is 13.4 Å². The molecule has 7 aromatic carbocycles. The van der Waals surface area contributed by atoms with Gasteiger partial charge in [0, 0.05) is 22.3 Å². The van der Waals surface area contributed by atoms with Gasteiger partial charge in [-0.05, 0) is 161 Å². The summed E-state index contributed by atoms with van der Waals surface area (Å²) in [6.45, 7) is 42.2. The molecule has 2 aliphatic rings. The molecule has 78 heavy (non-hydrogen) atoms. The molecule has 0 aromatic heterocycles. The summed E-state index contributed by atoms with van der Waals surface area (Å²) in [6, 6.07) is 41.4. The number of hydrogen-bond donors (Lipinski definition) is 0. The second kappa shape index (κ2) is 20.1. The Morgan fingerprint density at radius 3 is 0.808 bits per heavy atom. The lowest BCUT2D eigenvalue weighted by Gasteiger charge is -2.37. The summed E-state index contributed by atoms with van der Waals surface area (Å²) in [5.41, 5.74) is 22.9. The first-order valence-corrected chi connectivity index (χ1v) is 28.0. The van der Waals surface area contributed by atoms with Crippen molar-refractivity contribution in [1.82, 2.24) is 0 Å². The van der Waals surface area contributed by atoms with Crippen molar-refractivity contribution in [3.05, 3.63) is 211 Å². The van der Waals surface area contributed by atoms with E-state index < -0.39 is 0 Å². The highest BCUT2D eigenvalue weighted by Crippen LogP contribution is 2.37. The van der Waals surface area contributed by atoms with Gasteiger partial charge in [0.25, 0.3) is 0 Å². The van der Waals surface area contributed by atoms with Crippen molar-refractivity contribution in [2.24, 2.45) is 0 Å². The van der Waals surface area contributed by atoms with Crippen LogP contribution in [0, 0.1) is 35.3 Å². The van der Waals surface area contributed by atoms with Crippen molar-refractivity contribution in [2.45, 2.75) is 157 Å². The molecule has 4 heteroatoms. The molecule has 0 nitrogen and oxygen atoms in total. The first-order chi connectivity index (χ1) is 36.3. The van der Waals surface area contributed by atoms with Crippen LogP contribution in [0.15, 0.2) is 121 Å². The van der Waals surface area contributed by atoms with Crippen molar-refractivity contribution in [3.8, 4) is 23.7 Å². The van der Waals surface area contributed by atoms with Crippen molar-refractivity contribution in [3.63, 3.8) is 0 Å². The van der Waals surface area contributed by atoms with Crippen LogP contribution in [0.1, 0.15) is 203 Å². The highest BCUT2D eigenvalue weighted by molar-refractivity contribution is 6.99. The van der Waals surface area contributed by atoms with E-state index in [-0.39, 0.29) is 57.5 Å². The maximum atomic E-state index is 14.0. The van der Waals surface area contributed by atoms with Crippen molar-refractivity contribution in [1.29, 1.82) is 0 Å². The maximum absolute atomic E-state index is 14.0. The summed E-state index contributed by atoms with van der Waals surface area (Å²) in [6.07, 6.45) is 9.37. The van der Waals surface area contributed by atoms with Gasteiger partial charge < -0.3 is 0 Å². The summed E-state index contributed by atoms with van der Waals surface area (Å²) in [5.74, 6) is 13.0. The monoisotopic (exact) mass is 1030 g/mol. The van der Waals surface area contributed by atoms with Crippen LogP contribution in [-0.2, 0) is 32.5 Å². The van der Waals surface area contributed by atoms with Gasteiger partial charge in [-0.25, -0.2) is 8.78 Å². The minimum absolute atomic E-state index is 0.0705. The van der Waals surface area contributed by atoms with Crippen LogP contribution in [0.25, 0.3) is 24.3 Å². The first-order valence-electron chi connectivity index (χ1n) is 28.0. The molecule has 394 valence electrons. The minimum atomic E-state index is -0.272. The van der Waals surface area contributed by atoms with Crippen LogP contribution in [0.3, 0.4) is 0 Å². The molecule has 0 saturated heterocycles. The van der Waals surface area contributed by atoms with Gasteiger partial charge in [0.15, 0.2) is 0 Å². The highest BCUT2D eigenvalue weighted by Gasteiger charge is 2.41. The molecule has 0 radical (unpaired) electrons. The van der Waals surface area contributed by atoms with Crippen LogP contribution in [0.4, 0.5) is 8.78 Å². The molecule has 0 N–H and O–H groups in total. The lowest BCUT2D eigenvalue weighted by atomic mass is 9.31. The Hall–Kier alpha value is -6.87. The van der Waals surface area contributed by atoms with E-state index in [4.69, 9.17) is 0 Å². The largest absolute Gasteiger partial charge is 0.243 e. The zero-order chi connectivity index (χ0) is 56.7. The summed E-state index contributed by atoms with van der Waals surface area (Å²) in [7, 11) is 0. The average molecular weight is 1030 g/mol. The van der Waals surface area contributed by atoms with E-state index in [2.05, 4.69) is 245 Å². The third-order valence-corrected chi connectivity index (χ3v) is 15.9. The highest BCUT2D eigenvalue weighted by atomic mass is 19.1. The smallest absolute Gasteiger partial charge is 0.207 e. The van der Waals surface area contributed by atoms with E-state index >= 15 is 0 Å². The van der Waals surface area contributed by atoms with Gasteiger partial charge in [-0.15, -0.1) is 0 Å². The molecule has 0 bridgehead atoms. The molecule has 0 atom stereocenters. The Labute approximate surface area is 468 Å². The fourth-order valence-corrected chi connectivity index (χ4v) is 11.5. The Morgan fingerprint density at radius 1 is 0.282 bits per heavy atom. The average Bonchev–Trinajstić information content (AvgIpc) is 3.76. The normalized spacial score (nSPS) is 13.5. The lowest BCUT2D eigenvalue weighted by molar-refractivity contribution is 0.552. The standard InChI is InChI=1S/C74H78B2F2/c1-69(2,3)55-43-59(71(7,8)9)67(60(44-55)72(10,11)12)75-63-37-27-49(21-19-47-23-33-57(77)34-24-47)39-51(63)29-31-53-42-66-54(41-65(53)75)32-30-52-40-50(22-20-48-25-35-58(78)36-26-48)28-38-64(52)76(66)68-61(73(13,14)15)45-56(70(4,5)6)46-62(68)74(16,17)18/h23-46H,1-18H3. The third-order valence-electron chi connectivity index (χ3n) is 15.9. The molecule has 0 spiro atoms. The molecule has 9 rings (SSSR count). The van der Waals surface area contributed by atoms with Crippen LogP contribution >= 0.6 is 0 Å². The topological polar surface area (TPSA) is 0 Å². The molecule has 2 aliphatic heterocycles. The van der Waals surface area contributed by atoms with Crippen LogP contribution in [0.5, 0.6) is 0 Å². The number of fused-ring (bicyclic) bond motifs is 4. The van der Waals surface area contributed by atoms with E-state index in [0.29, 0.717) is 0 Å². The Kier molecular flexibility index (Phi) is 14.4. The zero-order valence-electron chi connectivity index (χ0n) is 49.8. The maximum Gasteiger partial charge on any atom is 0.243 e. The van der Waals surface area contributed by atoms with E-state index in [1.54, 1.807) is 24.3 Å². The van der Waals surface area contributed by atoms with Crippen molar-refractivity contribution in [2.75, 3.05) is 0 Å². The molecule has 0 saturated carbocycles. The SMILES string of the molecule is CC(C)(C)c1cc(C(C)(C)C)c(B2c3ccc(C#Cc4ccc(F)cc4)cc3C=Cc3cc4c(cc32)C=Cc2cc(C#Cc3ccc(F)cc3)ccc2B4c2c(C(C)(C)C)cc(C(C)(C)C)cc2C(C)(C)C)c(C(C)(C)C)c1. The van der Waals surface area contributed by atoms with E-state index in [0.717, 1.165) is 33.4 Å². The second-order valence-electron chi connectivity index (χ2n) is 28.3. The molecule has 7 aromatic rings. The fourth-order valence-electron chi connectivity index (χ4n) is 11.5. The predicted molar refractivity (Wildman–Crippen MR) is 336 cm³/mol. The molecule has 0 fully saturated rings. The molecular formula is C74H78B2F2. The van der Waals surface area contributed by atoms with Crippen LogP contribution < -0.4 is 32.8 Å². The van der Waals surface area contributed by atoms with Gasteiger partial charge in [0.2, 0.25) is 13.4 Å². The lowest BCUT2D eigenvalue weighted by Crippen LogP contribution is -2.60. The van der Waals surface area contributed by atoms with E-state index in [1.807, 2.05) is 0 Å². The summed E-state index contributed by atoms with van der Waals surface area (Å²) in [5, 5.41) is 0. The van der Waals surface area contributed by atoms with Gasteiger partial charge >= 0.3 is 0 Å². The van der Waals surface area contributed by atoms with Gasteiger partial charge in [-0.1, -0.05) is 254 Å². The molecule has 2 heterocycles. The summed E-state index contributed by atoms with van der Waals surface area (Å²) >= 11 is 0. The predicted octanol–water partition coefficient (Wildman–Crippen LogP) is 14.5. The minimum Gasteiger partial charge on any atom is -0.207 e. The zero-order valence-corrected chi connectivity index (χ0v) is 49.8. The van der Waals surface area contributed by atoms with Crippen LogP contribution in [0.2, 0.25) is 0 Å². The number of halogens is 2.